The molecule has 4 rings (SSSR count). The topological polar surface area (TPSA) is 117 Å². The van der Waals surface area contributed by atoms with Gasteiger partial charge in [0.1, 0.15) is 29.6 Å². The Morgan fingerprint density at radius 1 is 1.08 bits per heavy atom. The van der Waals surface area contributed by atoms with E-state index in [2.05, 4.69) is 24.1 Å². The summed E-state index contributed by atoms with van der Waals surface area (Å²) < 4.78 is 17.0. The van der Waals surface area contributed by atoms with Crippen molar-refractivity contribution in [3.8, 4) is 17.2 Å². The van der Waals surface area contributed by atoms with Crippen molar-refractivity contribution in [2.45, 2.75) is 32.8 Å². The lowest BCUT2D eigenvalue weighted by atomic mass is 9.99. The van der Waals surface area contributed by atoms with Crippen molar-refractivity contribution < 1.29 is 23.6 Å². The lowest BCUT2D eigenvalue weighted by molar-refractivity contribution is -0.384. The van der Waals surface area contributed by atoms with Crippen molar-refractivity contribution in [3.63, 3.8) is 0 Å². The fraction of sp³-hybridized carbons (Fsp3) is 0.185. The molecule has 0 aliphatic heterocycles. The standard InChI is InChI=1S/C27H25N3O6/c1-3-18(2)19-6-8-22(9-7-19)34-17-24-10-11-26(36-24)27(31)29-20-13-21(30(32)33)15-25(14-20)35-23-5-4-12-28-16-23/h4-16,18H,3,17H2,1-2H3,(H,29,31). The first kappa shape index (κ1) is 24.5. The Bertz CT molecular complexity index is 1340. The smallest absolute Gasteiger partial charge is 0.291 e. The maximum absolute atomic E-state index is 12.7. The quantitative estimate of drug-likeness (QED) is 0.195. The molecular weight excluding hydrogens is 462 g/mol. The van der Waals surface area contributed by atoms with Gasteiger partial charge in [-0.05, 0) is 54.3 Å². The minimum Gasteiger partial charge on any atom is -0.486 e. The fourth-order valence-corrected chi connectivity index (χ4v) is 3.42. The van der Waals surface area contributed by atoms with Gasteiger partial charge in [0.05, 0.1) is 22.9 Å². The number of nitro benzene ring substituents is 1. The number of amides is 1. The summed E-state index contributed by atoms with van der Waals surface area (Å²) in [5.41, 5.74) is 1.19. The van der Waals surface area contributed by atoms with Crippen LogP contribution in [-0.2, 0) is 6.61 Å². The van der Waals surface area contributed by atoms with Crippen LogP contribution in [0.4, 0.5) is 11.4 Å². The number of benzene rings is 2. The van der Waals surface area contributed by atoms with E-state index in [9.17, 15) is 14.9 Å². The Balaban J connectivity index is 1.41. The van der Waals surface area contributed by atoms with Gasteiger partial charge in [0.15, 0.2) is 5.76 Å². The van der Waals surface area contributed by atoms with Gasteiger partial charge in [-0.1, -0.05) is 26.0 Å². The minimum atomic E-state index is -0.566. The third-order valence-electron chi connectivity index (χ3n) is 5.56. The van der Waals surface area contributed by atoms with E-state index >= 15 is 0 Å². The zero-order chi connectivity index (χ0) is 25.5. The number of carbonyl (C=O) groups excluding carboxylic acids is 1. The molecule has 0 bridgehead atoms. The van der Waals surface area contributed by atoms with Crippen molar-refractivity contribution in [1.29, 1.82) is 0 Å². The number of rotatable bonds is 10. The molecule has 2 aromatic carbocycles. The number of non-ortho nitro benzene ring substituents is 1. The van der Waals surface area contributed by atoms with Gasteiger partial charge in [0.25, 0.3) is 11.6 Å². The normalized spacial score (nSPS) is 11.5. The number of hydrogen-bond donors (Lipinski definition) is 1. The zero-order valence-electron chi connectivity index (χ0n) is 19.8. The predicted octanol–water partition coefficient (Wildman–Crippen LogP) is 6.72. The van der Waals surface area contributed by atoms with Crippen LogP contribution in [0.25, 0.3) is 0 Å². The number of aromatic nitrogens is 1. The van der Waals surface area contributed by atoms with Gasteiger partial charge in [0.2, 0.25) is 0 Å². The van der Waals surface area contributed by atoms with E-state index in [4.69, 9.17) is 13.9 Å². The molecule has 2 heterocycles. The lowest BCUT2D eigenvalue weighted by Crippen LogP contribution is -2.11. The molecule has 0 saturated carbocycles. The Labute approximate surface area is 207 Å². The molecule has 4 aromatic rings. The van der Waals surface area contributed by atoms with Crippen LogP contribution >= 0.6 is 0 Å². The first-order chi connectivity index (χ1) is 17.4. The minimum absolute atomic E-state index is 0.0435. The number of ether oxygens (including phenoxy) is 2. The van der Waals surface area contributed by atoms with E-state index in [0.29, 0.717) is 23.2 Å². The number of nitrogens with one attached hydrogen (secondary N) is 1. The van der Waals surface area contributed by atoms with Crippen LogP contribution in [0.15, 0.2) is 83.5 Å². The van der Waals surface area contributed by atoms with Gasteiger partial charge >= 0.3 is 0 Å². The highest BCUT2D eigenvalue weighted by molar-refractivity contribution is 6.02. The summed E-state index contributed by atoms with van der Waals surface area (Å²) >= 11 is 0. The third kappa shape index (κ3) is 6.26. The van der Waals surface area contributed by atoms with Crippen molar-refractivity contribution >= 4 is 17.3 Å². The van der Waals surface area contributed by atoms with E-state index < -0.39 is 10.8 Å². The fourth-order valence-electron chi connectivity index (χ4n) is 3.42. The van der Waals surface area contributed by atoms with Crippen molar-refractivity contribution in [2.24, 2.45) is 0 Å². The van der Waals surface area contributed by atoms with E-state index in [-0.39, 0.29) is 29.5 Å². The van der Waals surface area contributed by atoms with Crippen LogP contribution in [0.3, 0.4) is 0 Å². The average molecular weight is 488 g/mol. The number of pyridine rings is 1. The van der Waals surface area contributed by atoms with E-state index in [0.717, 1.165) is 6.42 Å². The summed E-state index contributed by atoms with van der Waals surface area (Å²) in [6.45, 7) is 4.47. The maximum Gasteiger partial charge on any atom is 0.291 e. The lowest BCUT2D eigenvalue weighted by Gasteiger charge is -2.10. The number of anilines is 1. The summed E-state index contributed by atoms with van der Waals surface area (Å²) in [7, 11) is 0. The van der Waals surface area contributed by atoms with Gasteiger partial charge in [-0.25, -0.2) is 0 Å². The Morgan fingerprint density at radius 3 is 2.58 bits per heavy atom. The summed E-state index contributed by atoms with van der Waals surface area (Å²) in [5.74, 6) is 1.71. The van der Waals surface area contributed by atoms with Gasteiger partial charge in [-0.2, -0.15) is 0 Å². The first-order valence-corrected chi connectivity index (χ1v) is 11.4. The highest BCUT2D eigenvalue weighted by Gasteiger charge is 2.16. The van der Waals surface area contributed by atoms with Crippen LogP contribution in [-0.4, -0.2) is 15.8 Å². The molecule has 0 fully saturated rings. The largest absolute Gasteiger partial charge is 0.486 e. The number of carbonyl (C=O) groups is 1. The van der Waals surface area contributed by atoms with Gasteiger partial charge < -0.3 is 19.2 Å². The van der Waals surface area contributed by atoms with Crippen LogP contribution in [0, 0.1) is 10.1 Å². The van der Waals surface area contributed by atoms with Crippen LogP contribution in [0.1, 0.15) is 48.1 Å². The van der Waals surface area contributed by atoms with Crippen LogP contribution in [0.2, 0.25) is 0 Å². The average Bonchev–Trinajstić information content (AvgIpc) is 3.37. The van der Waals surface area contributed by atoms with Gasteiger partial charge in [-0.3, -0.25) is 19.9 Å². The summed E-state index contributed by atoms with van der Waals surface area (Å²) in [4.78, 5) is 27.5. The monoisotopic (exact) mass is 487 g/mol. The van der Waals surface area contributed by atoms with Gasteiger partial charge in [0, 0.05) is 18.3 Å². The van der Waals surface area contributed by atoms with Crippen molar-refractivity contribution in [2.75, 3.05) is 5.32 Å². The molecular formula is C27H25N3O6. The molecule has 0 saturated heterocycles. The molecule has 0 aliphatic carbocycles. The molecule has 2 aromatic heterocycles. The van der Waals surface area contributed by atoms with E-state index in [1.54, 1.807) is 24.4 Å². The number of furan rings is 1. The maximum atomic E-state index is 12.7. The van der Waals surface area contributed by atoms with Crippen LogP contribution in [0.5, 0.6) is 17.2 Å². The molecule has 0 spiro atoms. The zero-order valence-corrected chi connectivity index (χ0v) is 19.8. The second-order valence-electron chi connectivity index (χ2n) is 8.15. The summed E-state index contributed by atoms with van der Waals surface area (Å²) in [6, 6.07) is 18.4. The van der Waals surface area contributed by atoms with E-state index in [1.165, 1.54) is 36.0 Å². The predicted molar refractivity (Wildman–Crippen MR) is 134 cm³/mol. The first-order valence-electron chi connectivity index (χ1n) is 11.4. The Kier molecular flexibility index (Phi) is 7.60. The molecule has 0 radical (unpaired) electrons. The number of nitro groups is 1. The number of hydrogen-bond acceptors (Lipinski definition) is 7. The molecule has 9 heteroatoms. The Hall–Kier alpha value is -4.66. The highest BCUT2D eigenvalue weighted by atomic mass is 16.6. The van der Waals surface area contributed by atoms with Crippen LogP contribution < -0.4 is 14.8 Å². The summed E-state index contributed by atoms with van der Waals surface area (Å²) in [6.07, 6.45) is 4.12. The van der Waals surface area contributed by atoms with Crippen molar-refractivity contribution in [1.82, 2.24) is 4.98 Å². The second-order valence-corrected chi connectivity index (χ2v) is 8.15. The number of nitrogens with zero attached hydrogens (tertiary/aromatic N) is 2. The summed E-state index contributed by atoms with van der Waals surface area (Å²) in [5, 5.41) is 14.0. The third-order valence-corrected chi connectivity index (χ3v) is 5.56. The molecule has 184 valence electrons. The molecule has 0 aliphatic rings. The highest BCUT2D eigenvalue weighted by Crippen LogP contribution is 2.30. The molecule has 1 N–H and O–H groups in total. The Morgan fingerprint density at radius 2 is 1.89 bits per heavy atom. The molecule has 1 amide bonds. The molecule has 1 unspecified atom stereocenters. The van der Waals surface area contributed by atoms with Crippen molar-refractivity contribution in [3.05, 3.63) is 106 Å². The van der Waals surface area contributed by atoms with E-state index in [1.807, 2.05) is 24.3 Å². The van der Waals surface area contributed by atoms with Gasteiger partial charge in [-0.15, -0.1) is 0 Å². The SMILES string of the molecule is CCC(C)c1ccc(OCc2ccc(C(=O)Nc3cc(Oc4cccnc4)cc([N+](=O)[O-])c3)o2)cc1. The molecule has 9 nitrogen and oxygen atoms in total. The second kappa shape index (κ2) is 11.2. The molecule has 36 heavy (non-hydrogen) atoms. The molecule has 1 atom stereocenters.